The molecule has 0 bridgehead atoms. The summed E-state index contributed by atoms with van der Waals surface area (Å²) in [6, 6.07) is 4.00. The van der Waals surface area contributed by atoms with Crippen LogP contribution in [0.15, 0.2) is 24.4 Å². The number of nitrogens with two attached hydrogens (primary N) is 1. The van der Waals surface area contributed by atoms with Crippen LogP contribution < -0.4 is 11.1 Å². The Balaban J connectivity index is 1.68. The van der Waals surface area contributed by atoms with E-state index in [1.807, 2.05) is 0 Å². The van der Waals surface area contributed by atoms with Gasteiger partial charge in [-0.3, -0.25) is 14.5 Å². The highest BCUT2D eigenvalue weighted by Crippen LogP contribution is 2.29. The zero-order valence-corrected chi connectivity index (χ0v) is 14.8. The highest BCUT2D eigenvalue weighted by atomic mass is 35.5. The first-order valence-electron chi connectivity index (χ1n) is 7.91. The number of aromatic nitrogens is 4. The lowest BCUT2D eigenvalue weighted by Crippen LogP contribution is -2.09. The van der Waals surface area contributed by atoms with Crippen molar-refractivity contribution in [3.63, 3.8) is 0 Å². The number of pyridine rings is 1. The lowest BCUT2D eigenvalue weighted by molar-refractivity contribution is -0.384. The van der Waals surface area contributed by atoms with E-state index in [2.05, 4.69) is 20.3 Å². The Hall–Kier alpha value is -3.15. The van der Waals surface area contributed by atoms with Crippen molar-refractivity contribution in [1.29, 1.82) is 0 Å². The van der Waals surface area contributed by atoms with Crippen LogP contribution >= 0.6 is 11.6 Å². The van der Waals surface area contributed by atoms with Gasteiger partial charge in [-0.2, -0.15) is 13.2 Å². The second-order valence-corrected chi connectivity index (χ2v) is 6.14. The molecule has 0 aliphatic carbocycles. The summed E-state index contributed by atoms with van der Waals surface area (Å²) in [5.41, 5.74) is 4.78. The fourth-order valence-electron chi connectivity index (χ4n) is 2.49. The summed E-state index contributed by atoms with van der Waals surface area (Å²) >= 11 is 5.85. The number of nitrogens with zero attached hydrogens (tertiary/aromatic N) is 5. The van der Waals surface area contributed by atoms with Gasteiger partial charge in [-0.1, -0.05) is 11.6 Å². The van der Waals surface area contributed by atoms with Crippen molar-refractivity contribution >= 4 is 34.7 Å². The van der Waals surface area contributed by atoms with Gasteiger partial charge >= 0.3 is 11.9 Å². The number of nitrogen functional groups attached to an aromatic ring is 1. The minimum atomic E-state index is -4.59. The Labute approximate surface area is 160 Å². The number of aryl methyl sites for hydroxylation is 1. The molecule has 0 aliphatic heterocycles. The van der Waals surface area contributed by atoms with Crippen molar-refractivity contribution in [3.05, 3.63) is 51.1 Å². The van der Waals surface area contributed by atoms with Gasteiger partial charge < -0.3 is 11.1 Å². The van der Waals surface area contributed by atoms with E-state index in [1.54, 1.807) is 0 Å². The van der Waals surface area contributed by atoms with Crippen LogP contribution in [0.2, 0.25) is 5.15 Å². The molecule has 3 heterocycles. The number of halogens is 4. The molecule has 3 N–H and O–H groups in total. The zero-order chi connectivity index (χ0) is 20.5. The summed E-state index contributed by atoms with van der Waals surface area (Å²) in [5, 5.41) is 13.6. The van der Waals surface area contributed by atoms with Gasteiger partial charge in [0.05, 0.1) is 4.92 Å². The van der Waals surface area contributed by atoms with E-state index in [-0.39, 0.29) is 28.3 Å². The molecular weight excluding hydrogens is 403 g/mol. The second-order valence-electron chi connectivity index (χ2n) is 5.75. The smallest absolute Gasteiger partial charge is 0.378 e. The van der Waals surface area contributed by atoms with Gasteiger partial charge in [0.2, 0.25) is 11.8 Å². The van der Waals surface area contributed by atoms with E-state index in [0.717, 1.165) is 10.6 Å². The lowest BCUT2D eigenvalue weighted by atomic mass is 10.2. The summed E-state index contributed by atoms with van der Waals surface area (Å²) in [4.78, 5) is 21.6. The number of rotatable bonds is 6. The number of imidazole rings is 1. The van der Waals surface area contributed by atoms with Crippen LogP contribution in [0.25, 0.3) is 5.65 Å². The molecule has 0 aromatic carbocycles. The molecule has 3 aromatic heterocycles. The standard InChI is InChI=1S/C15H13ClF3N7O2/c16-11-6-12-23-10(15(17,18)19)7-25(12)14(24-11)21-5-1-2-8-3-4-9(26(27)28)13(20)22-8/h3-4,6-7H,1-2,5H2,(H2,20,22)(H,21,24). The Bertz CT molecular complexity index is 1040. The summed E-state index contributed by atoms with van der Waals surface area (Å²) < 4.78 is 39.7. The number of fused-ring (bicyclic) bond motifs is 1. The van der Waals surface area contributed by atoms with Crippen molar-refractivity contribution in [2.75, 3.05) is 17.6 Å². The molecule has 0 saturated carbocycles. The van der Waals surface area contributed by atoms with Gasteiger partial charge in [-0.25, -0.2) is 15.0 Å². The monoisotopic (exact) mass is 415 g/mol. The third kappa shape index (κ3) is 4.22. The van der Waals surface area contributed by atoms with Crippen molar-refractivity contribution in [3.8, 4) is 0 Å². The van der Waals surface area contributed by atoms with Crippen LogP contribution in [0.4, 0.5) is 30.6 Å². The summed E-state index contributed by atoms with van der Waals surface area (Å²) in [6.45, 7) is 0.334. The van der Waals surface area contributed by atoms with Crippen LogP contribution in [0, 0.1) is 10.1 Å². The van der Waals surface area contributed by atoms with E-state index in [4.69, 9.17) is 17.3 Å². The predicted molar refractivity (Wildman–Crippen MR) is 95.1 cm³/mol. The predicted octanol–water partition coefficient (Wildman–Crippen LogP) is 3.33. The molecule has 0 fully saturated rings. The van der Waals surface area contributed by atoms with Gasteiger partial charge in [-0.15, -0.1) is 0 Å². The normalized spacial score (nSPS) is 11.7. The van der Waals surface area contributed by atoms with E-state index in [1.165, 1.54) is 18.2 Å². The first-order valence-corrected chi connectivity index (χ1v) is 8.29. The number of alkyl halides is 3. The van der Waals surface area contributed by atoms with Gasteiger partial charge in [0.25, 0.3) is 0 Å². The molecule has 148 valence electrons. The Morgan fingerprint density at radius 1 is 1.29 bits per heavy atom. The third-order valence-electron chi connectivity index (χ3n) is 3.76. The topological polar surface area (TPSA) is 124 Å². The summed E-state index contributed by atoms with van der Waals surface area (Å²) in [7, 11) is 0. The van der Waals surface area contributed by atoms with Crippen LogP contribution in [-0.4, -0.2) is 30.8 Å². The SMILES string of the molecule is Nc1nc(CCCNc2nc(Cl)cc3nc(C(F)(F)F)cn23)ccc1[N+](=O)[O-]. The van der Waals surface area contributed by atoms with E-state index in [9.17, 15) is 23.3 Å². The second kappa shape index (κ2) is 7.46. The molecule has 3 aromatic rings. The van der Waals surface area contributed by atoms with Crippen molar-refractivity contribution < 1.29 is 18.1 Å². The number of nitro groups is 1. The molecule has 0 saturated heterocycles. The van der Waals surface area contributed by atoms with Crippen LogP contribution in [0.3, 0.4) is 0 Å². The fraction of sp³-hybridized carbons (Fsp3) is 0.267. The highest BCUT2D eigenvalue weighted by Gasteiger charge is 2.34. The van der Waals surface area contributed by atoms with Gasteiger partial charge in [0, 0.05) is 30.6 Å². The van der Waals surface area contributed by atoms with E-state index in [0.29, 0.717) is 25.1 Å². The first kappa shape index (κ1) is 19.6. The highest BCUT2D eigenvalue weighted by molar-refractivity contribution is 6.29. The number of anilines is 2. The average molecular weight is 416 g/mol. The van der Waals surface area contributed by atoms with Gasteiger partial charge in [0.1, 0.15) is 10.8 Å². The Morgan fingerprint density at radius 2 is 2.04 bits per heavy atom. The van der Waals surface area contributed by atoms with Crippen molar-refractivity contribution in [2.24, 2.45) is 0 Å². The van der Waals surface area contributed by atoms with Crippen molar-refractivity contribution in [1.82, 2.24) is 19.4 Å². The number of hydrogen-bond donors (Lipinski definition) is 2. The van der Waals surface area contributed by atoms with E-state index >= 15 is 0 Å². The lowest BCUT2D eigenvalue weighted by Gasteiger charge is -2.08. The maximum absolute atomic E-state index is 12.9. The molecule has 0 radical (unpaired) electrons. The molecule has 0 aliphatic rings. The van der Waals surface area contributed by atoms with Crippen molar-refractivity contribution in [2.45, 2.75) is 19.0 Å². The zero-order valence-electron chi connectivity index (χ0n) is 14.1. The molecule has 0 spiro atoms. The number of hydrogen-bond acceptors (Lipinski definition) is 7. The maximum atomic E-state index is 12.9. The molecule has 13 heteroatoms. The largest absolute Gasteiger partial charge is 0.434 e. The van der Waals surface area contributed by atoms with Gasteiger partial charge in [-0.05, 0) is 18.9 Å². The fourth-order valence-corrected chi connectivity index (χ4v) is 2.67. The van der Waals surface area contributed by atoms with Gasteiger partial charge in [0.15, 0.2) is 5.69 Å². The Morgan fingerprint density at radius 3 is 2.68 bits per heavy atom. The third-order valence-corrected chi connectivity index (χ3v) is 3.96. The molecule has 0 unspecified atom stereocenters. The average Bonchev–Trinajstić information content (AvgIpc) is 3.02. The number of nitrogens with one attached hydrogen (secondary N) is 1. The summed E-state index contributed by atoms with van der Waals surface area (Å²) in [5.74, 6) is -0.0616. The molecule has 0 amide bonds. The first-order chi connectivity index (χ1) is 13.1. The summed E-state index contributed by atoms with van der Waals surface area (Å²) in [6.07, 6.45) is -2.80. The van der Waals surface area contributed by atoms with Crippen LogP contribution in [0.5, 0.6) is 0 Å². The molecule has 9 nitrogen and oxygen atoms in total. The molecule has 28 heavy (non-hydrogen) atoms. The minimum Gasteiger partial charge on any atom is -0.378 e. The van der Waals surface area contributed by atoms with Crippen LogP contribution in [0.1, 0.15) is 17.8 Å². The van der Waals surface area contributed by atoms with E-state index < -0.39 is 16.8 Å². The minimum absolute atomic E-state index is 0.000802. The quantitative estimate of drug-likeness (QED) is 0.274. The molecular formula is C15H13ClF3N7O2. The van der Waals surface area contributed by atoms with Crippen LogP contribution in [-0.2, 0) is 12.6 Å². The maximum Gasteiger partial charge on any atom is 0.434 e. The molecule has 0 atom stereocenters. The Kier molecular flexibility index (Phi) is 5.23. The molecule has 3 rings (SSSR count).